The van der Waals surface area contributed by atoms with E-state index in [1.54, 1.807) is 0 Å². The van der Waals surface area contributed by atoms with E-state index in [0.29, 0.717) is 4.75 Å². The molecular formula is C16H24N2S. The minimum Gasteiger partial charge on any atom is -0.369 e. The summed E-state index contributed by atoms with van der Waals surface area (Å²) >= 11 is 2.09. The maximum atomic E-state index is 3.57. The highest BCUT2D eigenvalue weighted by atomic mass is 32.2. The van der Waals surface area contributed by atoms with Gasteiger partial charge in [0.2, 0.25) is 0 Å². The van der Waals surface area contributed by atoms with Crippen molar-refractivity contribution < 1.29 is 0 Å². The SMILES string of the molecule is CC1(C)CN(c2ccc(CNC3CC3)cc2)CCS1. The molecule has 1 aromatic rings. The van der Waals surface area contributed by atoms with Gasteiger partial charge in [-0.1, -0.05) is 12.1 Å². The molecule has 2 fully saturated rings. The third kappa shape index (κ3) is 3.67. The van der Waals surface area contributed by atoms with Gasteiger partial charge in [-0.2, -0.15) is 11.8 Å². The molecule has 1 heterocycles. The molecule has 0 amide bonds. The Labute approximate surface area is 121 Å². The summed E-state index contributed by atoms with van der Waals surface area (Å²) in [5, 5.41) is 3.57. The smallest absolute Gasteiger partial charge is 0.0367 e. The van der Waals surface area contributed by atoms with Gasteiger partial charge in [-0.15, -0.1) is 0 Å². The van der Waals surface area contributed by atoms with Crippen molar-refractivity contribution >= 4 is 17.4 Å². The summed E-state index contributed by atoms with van der Waals surface area (Å²) < 4.78 is 0.379. The molecule has 104 valence electrons. The number of anilines is 1. The van der Waals surface area contributed by atoms with Crippen molar-refractivity contribution in [1.82, 2.24) is 5.32 Å². The highest BCUT2D eigenvalue weighted by Gasteiger charge is 2.27. The van der Waals surface area contributed by atoms with Gasteiger partial charge in [0.15, 0.2) is 0 Å². The lowest BCUT2D eigenvalue weighted by atomic mass is 10.1. The van der Waals surface area contributed by atoms with Crippen LogP contribution in [0.2, 0.25) is 0 Å². The van der Waals surface area contributed by atoms with Gasteiger partial charge in [-0.25, -0.2) is 0 Å². The number of thioether (sulfide) groups is 1. The fraction of sp³-hybridized carbons (Fsp3) is 0.625. The zero-order valence-electron chi connectivity index (χ0n) is 12.0. The van der Waals surface area contributed by atoms with E-state index in [0.717, 1.165) is 19.1 Å². The van der Waals surface area contributed by atoms with Gasteiger partial charge >= 0.3 is 0 Å². The Hall–Kier alpha value is -0.670. The second kappa shape index (κ2) is 5.37. The van der Waals surface area contributed by atoms with Gasteiger partial charge in [0.1, 0.15) is 0 Å². The first-order valence-corrected chi connectivity index (χ1v) is 8.32. The lowest BCUT2D eigenvalue weighted by Gasteiger charge is -2.39. The van der Waals surface area contributed by atoms with Crippen LogP contribution in [0.1, 0.15) is 32.3 Å². The van der Waals surface area contributed by atoms with Crippen LogP contribution in [0.15, 0.2) is 24.3 Å². The molecule has 0 unspecified atom stereocenters. The number of hydrogen-bond donors (Lipinski definition) is 1. The number of nitrogens with zero attached hydrogens (tertiary/aromatic N) is 1. The Morgan fingerprint density at radius 2 is 2.00 bits per heavy atom. The van der Waals surface area contributed by atoms with Crippen LogP contribution in [0.3, 0.4) is 0 Å². The first-order chi connectivity index (χ1) is 9.12. The van der Waals surface area contributed by atoms with Crippen molar-refractivity contribution in [2.75, 3.05) is 23.7 Å². The minimum atomic E-state index is 0.379. The van der Waals surface area contributed by atoms with Gasteiger partial charge in [0, 0.05) is 41.9 Å². The van der Waals surface area contributed by atoms with Crippen molar-refractivity contribution in [1.29, 1.82) is 0 Å². The van der Waals surface area contributed by atoms with E-state index >= 15 is 0 Å². The molecule has 3 heteroatoms. The molecule has 1 saturated heterocycles. The Balaban J connectivity index is 1.61. The van der Waals surface area contributed by atoms with Crippen molar-refractivity contribution in [3.05, 3.63) is 29.8 Å². The number of nitrogens with one attached hydrogen (secondary N) is 1. The Morgan fingerprint density at radius 1 is 1.26 bits per heavy atom. The summed E-state index contributed by atoms with van der Waals surface area (Å²) in [4.78, 5) is 2.52. The molecule has 0 bridgehead atoms. The average molecular weight is 276 g/mol. The van der Waals surface area contributed by atoms with E-state index in [1.807, 2.05) is 0 Å². The normalized spacial score (nSPS) is 22.5. The fourth-order valence-electron chi connectivity index (χ4n) is 2.61. The number of rotatable bonds is 4. The van der Waals surface area contributed by atoms with Crippen LogP contribution < -0.4 is 10.2 Å². The quantitative estimate of drug-likeness (QED) is 0.908. The largest absolute Gasteiger partial charge is 0.369 e. The molecule has 2 aliphatic rings. The Kier molecular flexibility index (Phi) is 3.77. The summed E-state index contributed by atoms with van der Waals surface area (Å²) in [5.41, 5.74) is 2.78. The highest BCUT2D eigenvalue weighted by Crippen LogP contribution is 2.32. The van der Waals surface area contributed by atoms with Gasteiger partial charge in [-0.3, -0.25) is 0 Å². The lowest BCUT2D eigenvalue weighted by Crippen LogP contribution is -2.43. The van der Waals surface area contributed by atoms with Crippen molar-refractivity contribution in [3.63, 3.8) is 0 Å². The first kappa shape index (κ1) is 13.3. The van der Waals surface area contributed by atoms with E-state index in [4.69, 9.17) is 0 Å². The number of benzene rings is 1. The third-order valence-electron chi connectivity index (χ3n) is 3.90. The van der Waals surface area contributed by atoms with Gasteiger partial charge in [-0.05, 0) is 44.4 Å². The molecular weight excluding hydrogens is 252 g/mol. The maximum Gasteiger partial charge on any atom is 0.0367 e. The molecule has 1 aromatic carbocycles. The highest BCUT2D eigenvalue weighted by molar-refractivity contribution is 8.00. The summed E-state index contributed by atoms with van der Waals surface area (Å²) in [7, 11) is 0. The first-order valence-electron chi connectivity index (χ1n) is 7.34. The molecule has 2 nitrogen and oxygen atoms in total. The second-order valence-corrected chi connectivity index (χ2v) is 8.15. The monoisotopic (exact) mass is 276 g/mol. The summed E-state index contributed by atoms with van der Waals surface area (Å²) in [5.74, 6) is 1.23. The Morgan fingerprint density at radius 3 is 2.63 bits per heavy atom. The van der Waals surface area contributed by atoms with Crippen LogP contribution in [0, 0.1) is 0 Å². The molecule has 3 rings (SSSR count). The van der Waals surface area contributed by atoms with Crippen molar-refractivity contribution in [2.24, 2.45) is 0 Å². The van der Waals surface area contributed by atoms with Crippen molar-refractivity contribution in [2.45, 2.75) is 44.0 Å². The van der Waals surface area contributed by atoms with Crippen LogP contribution in [-0.4, -0.2) is 29.6 Å². The average Bonchev–Trinajstić information content (AvgIpc) is 3.20. The van der Waals surface area contributed by atoms with Gasteiger partial charge in [0.25, 0.3) is 0 Å². The van der Waals surface area contributed by atoms with Crippen LogP contribution in [0.4, 0.5) is 5.69 Å². The fourth-order valence-corrected chi connectivity index (χ4v) is 3.72. The molecule has 0 aromatic heterocycles. The molecule has 1 aliphatic heterocycles. The van der Waals surface area contributed by atoms with Gasteiger partial charge < -0.3 is 10.2 Å². The molecule has 1 aliphatic carbocycles. The van der Waals surface area contributed by atoms with Crippen LogP contribution in [-0.2, 0) is 6.54 Å². The molecule has 0 spiro atoms. The molecule has 1 N–H and O–H groups in total. The molecule has 0 radical (unpaired) electrons. The summed E-state index contributed by atoms with van der Waals surface area (Å²) in [6.45, 7) is 8.03. The van der Waals surface area contributed by atoms with Gasteiger partial charge in [0.05, 0.1) is 0 Å². The zero-order chi connectivity index (χ0) is 13.3. The topological polar surface area (TPSA) is 15.3 Å². The minimum absolute atomic E-state index is 0.379. The second-order valence-electron chi connectivity index (χ2n) is 6.35. The molecule has 0 atom stereocenters. The predicted octanol–water partition coefficient (Wildman–Crippen LogP) is 3.27. The van der Waals surface area contributed by atoms with Crippen LogP contribution in [0.25, 0.3) is 0 Å². The third-order valence-corrected chi connectivity index (χ3v) is 5.20. The zero-order valence-corrected chi connectivity index (χ0v) is 12.8. The van der Waals surface area contributed by atoms with E-state index in [9.17, 15) is 0 Å². The maximum absolute atomic E-state index is 3.57. The summed E-state index contributed by atoms with van der Waals surface area (Å²) in [6, 6.07) is 9.92. The van der Waals surface area contributed by atoms with Crippen molar-refractivity contribution in [3.8, 4) is 0 Å². The van der Waals surface area contributed by atoms with Crippen LogP contribution >= 0.6 is 11.8 Å². The molecule has 1 saturated carbocycles. The van der Waals surface area contributed by atoms with E-state index < -0.39 is 0 Å². The summed E-state index contributed by atoms with van der Waals surface area (Å²) in [6.07, 6.45) is 2.72. The van der Waals surface area contributed by atoms with E-state index in [-0.39, 0.29) is 0 Å². The predicted molar refractivity (Wildman–Crippen MR) is 85.1 cm³/mol. The van der Waals surface area contributed by atoms with Crippen LogP contribution in [0.5, 0.6) is 0 Å². The lowest BCUT2D eigenvalue weighted by molar-refractivity contribution is 0.647. The Bertz CT molecular complexity index is 423. The standard InChI is InChI=1S/C16H24N2S/c1-16(2)12-18(9-10-19-16)15-7-3-13(4-8-15)11-17-14-5-6-14/h3-4,7-8,14,17H,5-6,9-12H2,1-2H3. The number of hydrogen-bond acceptors (Lipinski definition) is 3. The van der Waals surface area contributed by atoms with E-state index in [2.05, 4.69) is 60.1 Å². The van der Waals surface area contributed by atoms with E-state index in [1.165, 1.54) is 36.4 Å². The molecule has 19 heavy (non-hydrogen) atoms.